The summed E-state index contributed by atoms with van der Waals surface area (Å²) in [6, 6.07) is 1.63. The normalized spacial score (nSPS) is 49.1. The minimum Gasteiger partial charge on any atom is -0.452 e. The highest BCUT2D eigenvalue weighted by Crippen LogP contribution is 2.43. The molecule has 1 nitrogen and oxygen atoms in total. The van der Waals surface area contributed by atoms with E-state index >= 15 is 0 Å². The lowest BCUT2D eigenvalue weighted by atomic mass is 10.1. The van der Waals surface area contributed by atoms with Crippen LogP contribution < -0.4 is 0 Å². The van der Waals surface area contributed by atoms with Crippen molar-refractivity contribution in [1.82, 2.24) is 0 Å². The van der Waals surface area contributed by atoms with Crippen molar-refractivity contribution >= 4 is 0 Å². The van der Waals surface area contributed by atoms with Crippen LogP contribution in [0.15, 0.2) is 0 Å². The minimum absolute atomic E-state index is 0.727. The number of fused-ring (bicyclic) bond motifs is 2. The zero-order chi connectivity index (χ0) is 8.06. The molecule has 0 radical (unpaired) electrons. The maximum absolute atomic E-state index is 4.39. The van der Waals surface area contributed by atoms with Crippen LogP contribution in [-0.4, -0.2) is 23.1 Å². The standard InChI is InChI=1S/C10H19N/c1-8(2)11(3)7-9-4-5-10(11)6-9/h8-10H,3-7H2,1-2H3. The number of hydrogen-bond acceptors (Lipinski definition) is 0. The maximum Gasteiger partial charge on any atom is 0.0656 e. The Morgan fingerprint density at radius 1 is 1.36 bits per heavy atom. The van der Waals surface area contributed by atoms with Crippen molar-refractivity contribution in [2.75, 3.05) is 6.54 Å². The Hall–Kier alpha value is -0.0400. The van der Waals surface area contributed by atoms with E-state index in [1.807, 2.05) is 0 Å². The summed E-state index contributed by atoms with van der Waals surface area (Å²) in [5.41, 5.74) is 0. The van der Waals surface area contributed by atoms with E-state index in [1.165, 1.54) is 25.8 Å². The SMILES string of the molecule is [CH2-][N+]1(C(C)C)CC2CCC1C2. The van der Waals surface area contributed by atoms with Gasteiger partial charge in [-0.15, -0.1) is 7.05 Å². The van der Waals surface area contributed by atoms with Crippen molar-refractivity contribution in [2.24, 2.45) is 5.92 Å². The molecule has 1 heterocycles. The Morgan fingerprint density at radius 2 is 2.09 bits per heavy atom. The molecule has 0 spiro atoms. The van der Waals surface area contributed by atoms with Crippen molar-refractivity contribution in [3.05, 3.63) is 7.05 Å². The highest BCUT2D eigenvalue weighted by molar-refractivity contribution is 4.84. The average molecular weight is 153 g/mol. The van der Waals surface area contributed by atoms with E-state index in [1.54, 1.807) is 0 Å². The summed E-state index contributed by atoms with van der Waals surface area (Å²) in [7, 11) is 4.39. The fraction of sp³-hybridized carbons (Fsp3) is 0.900. The number of likely N-dealkylation sites (tertiary alicyclic amines) is 1. The van der Waals surface area contributed by atoms with Gasteiger partial charge in [-0.05, 0) is 26.7 Å². The number of piperidine rings is 1. The van der Waals surface area contributed by atoms with E-state index in [2.05, 4.69) is 20.9 Å². The van der Waals surface area contributed by atoms with Gasteiger partial charge in [0.2, 0.25) is 0 Å². The monoisotopic (exact) mass is 153 g/mol. The van der Waals surface area contributed by atoms with Gasteiger partial charge in [0.25, 0.3) is 0 Å². The summed E-state index contributed by atoms with van der Waals surface area (Å²) in [5, 5.41) is 0. The number of rotatable bonds is 1. The fourth-order valence-corrected chi connectivity index (χ4v) is 2.94. The Morgan fingerprint density at radius 3 is 2.36 bits per heavy atom. The van der Waals surface area contributed by atoms with Crippen molar-refractivity contribution in [3.63, 3.8) is 0 Å². The first kappa shape index (κ1) is 7.60. The lowest BCUT2D eigenvalue weighted by molar-refractivity contribution is -0.922. The lowest BCUT2D eigenvalue weighted by Gasteiger charge is -2.49. The molecular weight excluding hydrogens is 134 g/mol. The Balaban J connectivity index is 2.16. The van der Waals surface area contributed by atoms with Gasteiger partial charge in [0.1, 0.15) is 0 Å². The molecule has 0 aromatic heterocycles. The van der Waals surface area contributed by atoms with E-state index in [-0.39, 0.29) is 0 Å². The topological polar surface area (TPSA) is 0 Å². The molecule has 2 bridgehead atoms. The van der Waals surface area contributed by atoms with E-state index < -0.39 is 0 Å². The first-order chi connectivity index (χ1) is 5.13. The van der Waals surface area contributed by atoms with Gasteiger partial charge in [0, 0.05) is 12.3 Å². The van der Waals surface area contributed by atoms with Gasteiger partial charge in [-0.3, -0.25) is 0 Å². The summed E-state index contributed by atoms with van der Waals surface area (Å²) in [6.45, 7) is 5.98. The number of quaternary nitrogens is 1. The third-order valence-corrected chi connectivity index (χ3v) is 3.87. The minimum atomic E-state index is 0.727. The van der Waals surface area contributed by atoms with E-state index in [0.29, 0.717) is 0 Å². The zero-order valence-electron chi connectivity index (χ0n) is 7.71. The van der Waals surface area contributed by atoms with Gasteiger partial charge in [0.15, 0.2) is 0 Å². The summed E-state index contributed by atoms with van der Waals surface area (Å²) < 4.78 is 1.12. The molecule has 0 amide bonds. The predicted molar refractivity (Wildman–Crippen MR) is 46.7 cm³/mol. The first-order valence-electron chi connectivity index (χ1n) is 4.84. The Kier molecular flexibility index (Phi) is 1.54. The second kappa shape index (κ2) is 2.22. The van der Waals surface area contributed by atoms with Gasteiger partial charge >= 0.3 is 0 Å². The summed E-state index contributed by atoms with van der Waals surface area (Å²) in [4.78, 5) is 0. The van der Waals surface area contributed by atoms with E-state index in [4.69, 9.17) is 0 Å². The van der Waals surface area contributed by atoms with Gasteiger partial charge in [-0.1, -0.05) is 0 Å². The van der Waals surface area contributed by atoms with Crippen molar-refractivity contribution < 1.29 is 4.48 Å². The summed E-state index contributed by atoms with van der Waals surface area (Å²) in [6.07, 6.45) is 4.38. The van der Waals surface area contributed by atoms with Crippen molar-refractivity contribution in [1.29, 1.82) is 0 Å². The molecule has 2 fully saturated rings. The molecule has 3 unspecified atom stereocenters. The van der Waals surface area contributed by atoms with Gasteiger partial charge < -0.3 is 4.48 Å². The van der Waals surface area contributed by atoms with Crippen LogP contribution in [0.3, 0.4) is 0 Å². The third-order valence-electron chi connectivity index (χ3n) is 3.87. The van der Waals surface area contributed by atoms with Crippen LogP contribution in [0.1, 0.15) is 33.1 Å². The van der Waals surface area contributed by atoms with Crippen molar-refractivity contribution in [2.45, 2.75) is 45.2 Å². The van der Waals surface area contributed by atoms with Gasteiger partial charge in [0.05, 0.1) is 18.6 Å². The second-order valence-corrected chi connectivity index (χ2v) is 4.71. The highest BCUT2D eigenvalue weighted by atomic mass is 15.4. The molecule has 1 aliphatic heterocycles. The molecule has 1 aliphatic carbocycles. The molecule has 11 heavy (non-hydrogen) atoms. The van der Waals surface area contributed by atoms with Gasteiger partial charge in [-0.25, -0.2) is 0 Å². The fourth-order valence-electron chi connectivity index (χ4n) is 2.94. The molecule has 0 aromatic carbocycles. The van der Waals surface area contributed by atoms with Crippen LogP contribution in [-0.2, 0) is 0 Å². The van der Waals surface area contributed by atoms with Crippen molar-refractivity contribution in [3.8, 4) is 0 Å². The zero-order valence-corrected chi connectivity index (χ0v) is 7.71. The van der Waals surface area contributed by atoms with Gasteiger partial charge in [-0.2, -0.15) is 0 Å². The van der Waals surface area contributed by atoms with Crippen LogP contribution in [0.4, 0.5) is 0 Å². The van der Waals surface area contributed by atoms with Crippen LogP contribution in [0.25, 0.3) is 0 Å². The Labute approximate surface area is 70.0 Å². The molecule has 64 valence electrons. The summed E-state index contributed by atoms with van der Waals surface area (Å²) >= 11 is 0. The van der Waals surface area contributed by atoms with Crippen LogP contribution in [0.2, 0.25) is 0 Å². The van der Waals surface area contributed by atoms with E-state index in [9.17, 15) is 0 Å². The molecule has 1 saturated carbocycles. The number of hydrogen-bond donors (Lipinski definition) is 0. The quantitative estimate of drug-likeness (QED) is 0.400. The van der Waals surface area contributed by atoms with Crippen LogP contribution in [0.5, 0.6) is 0 Å². The molecule has 3 atom stereocenters. The molecule has 1 heteroatoms. The first-order valence-corrected chi connectivity index (χ1v) is 4.84. The largest absolute Gasteiger partial charge is 0.452 e. The average Bonchev–Trinajstić information content (AvgIpc) is 2.45. The molecule has 2 aliphatic rings. The lowest BCUT2D eigenvalue weighted by Crippen LogP contribution is -2.52. The summed E-state index contributed by atoms with van der Waals surface area (Å²) in [5.74, 6) is 1.01. The predicted octanol–water partition coefficient (Wildman–Crippen LogP) is 2.19. The maximum atomic E-state index is 4.39. The smallest absolute Gasteiger partial charge is 0.0656 e. The Bertz CT molecular complexity index is 164. The number of nitrogens with zero attached hydrogens (tertiary/aromatic N) is 1. The molecule has 2 rings (SSSR count). The van der Waals surface area contributed by atoms with Crippen LogP contribution >= 0.6 is 0 Å². The molecule has 1 saturated heterocycles. The molecule has 0 aromatic rings. The van der Waals surface area contributed by atoms with Crippen LogP contribution in [0, 0.1) is 13.0 Å². The van der Waals surface area contributed by atoms with E-state index in [0.717, 1.165) is 22.5 Å². The second-order valence-electron chi connectivity index (χ2n) is 4.71. The third kappa shape index (κ3) is 0.936. The highest BCUT2D eigenvalue weighted by Gasteiger charge is 2.45. The molecular formula is C10H19N. The molecule has 0 N–H and O–H groups in total.